The minimum Gasteiger partial charge on any atom is -0.494 e. The van der Waals surface area contributed by atoms with Crippen LogP contribution in [0.2, 0.25) is 0 Å². The van der Waals surface area contributed by atoms with Gasteiger partial charge in [0, 0.05) is 17.9 Å². The van der Waals surface area contributed by atoms with Crippen molar-refractivity contribution in [1.82, 2.24) is 0 Å². The highest BCUT2D eigenvalue weighted by atomic mass is 16.5. The van der Waals surface area contributed by atoms with Gasteiger partial charge in [0.25, 0.3) is 0 Å². The molecular formula is C21H25N3O2. The van der Waals surface area contributed by atoms with E-state index in [-0.39, 0.29) is 12.5 Å². The molecule has 5 heteroatoms. The van der Waals surface area contributed by atoms with Gasteiger partial charge in [-0.25, -0.2) is 0 Å². The molecule has 136 valence electrons. The quantitative estimate of drug-likeness (QED) is 0.741. The highest BCUT2D eigenvalue weighted by molar-refractivity contribution is 5.94. The van der Waals surface area contributed by atoms with Crippen molar-refractivity contribution in [3.05, 3.63) is 54.1 Å². The molecule has 1 N–H and O–H groups in total. The Morgan fingerprint density at radius 1 is 1.12 bits per heavy atom. The molecule has 0 saturated carbocycles. The number of carbonyl (C=O) groups is 1. The lowest BCUT2D eigenvalue weighted by atomic mass is 10.1. The van der Waals surface area contributed by atoms with E-state index in [1.165, 1.54) is 5.56 Å². The van der Waals surface area contributed by atoms with Crippen molar-refractivity contribution in [1.29, 1.82) is 5.26 Å². The Kier molecular flexibility index (Phi) is 7.50. The SMILES string of the molecule is CCOc1ccc(N(CCC#N)CC(=O)Nc2ccc(CC)cc2)cc1. The molecule has 0 aliphatic rings. The van der Waals surface area contributed by atoms with Crippen molar-refractivity contribution in [3.8, 4) is 11.8 Å². The van der Waals surface area contributed by atoms with E-state index in [1.807, 2.05) is 60.4 Å². The summed E-state index contributed by atoms with van der Waals surface area (Å²) in [5.41, 5.74) is 2.90. The van der Waals surface area contributed by atoms with Crippen molar-refractivity contribution < 1.29 is 9.53 Å². The van der Waals surface area contributed by atoms with Gasteiger partial charge in [0.05, 0.1) is 25.6 Å². The van der Waals surface area contributed by atoms with Crippen LogP contribution in [0.3, 0.4) is 0 Å². The zero-order chi connectivity index (χ0) is 18.8. The summed E-state index contributed by atoms with van der Waals surface area (Å²) >= 11 is 0. The van der Waals surface area contributed by atoms with Gasteiger partial charge in [0.1, 0.15) is 5.75 Å². The lowest BCUT2D eigenvalue weighted by Gasteiger charge is -2.23. The number of nitriles is 1. The molecule has 0 saturated heterocycles. The highest BCUT2D eigenvalue weighted by Gasteiger charge is 2.12. The second-order valence-electron chi connectivity index (χ2n) is 5.86. The summed E-state index contributed by atoms with van der Waals surface area (Å²) in [4.78, 5) is 14.3. The van der Waals surface area contributed by atoms with Crippen LogP contribution >= 0.6 is 0 Å². The number of rotatable bonds is 9. The third kappa shape index (κ3) is 5.82. The summed E-state index contributed by atoms with van der Waals surface area (Å²) in [6.07, 6.45) is 1.32. The molecule has 2 aromatic rings. The lowest BCUT2D eigenvalue weighted by Crippen LogP contribution is -2.34. The lowest BCUT2D eigenvalue weighted by molar-refractivity contribution is -0.115. The molecule has 0 fully saturated rings. The first-order valence-corrected chi connectivity index (χ1v) is 8.89. The number of carbonyl (C=O) groups excluding carboxylic acids is 1. The Morgan fingerprint density at radius 2 is 1.81 bits per heavy atom. The molecule has 0 spiro atoms. The third-order valence-electron chi connectivity index (χ3n) is 3.99. The fourth-order valence-corrected chi connectivity index (χ4v) is 2.60. The predicted octanol–water partition coefficient (Wildman–Crippen LogP) is 4.01. The summed E-state index contributed by atoms with van der Waals surface area (Å²) < 4.78 is 5.45. The molecule has 0 aliphatic carbocycles. The van der Waals surface area contributed by atoms with Gasteiger partial charge in [0.15, 0.2) is 0 Å². The Labute approximate surface area is 155 Å². The number of hydrogen-bond acceptors (Lipinski definition) is 4. The van der Waals surface area contributed by atoms with E-state index < -0.39 is 0 Å². The van der Waals surface area contributed by atoms with Crippen LogP contribution in [-0.4, -0.2) is 25.6 Å². The molecule has 0 aromatic heterocycles. The van der Waals surface area contributed by atoms with Crippen molar-refractivity contribution >= 4 is 17.3 Å². The Bertz CT molecular complexity index is 733. The van der Waals surface area contributed by atoms with Crippen LogP contribution in [0.1, 0.15) is 25.8 Å². The fourth-order valence-electron chi connectivity index (χ4n) is 2.60. The first-order chi connectivity index (χ1) is 12.7. The van der Waals surface area contributed by atoms with E-state index in [9.17, 15) is 4.79 Å². The Hall–Kier alpha value is -3.00. The predicted molar refractivity (Wildman–Crippen MR) is 105 cm³/mol. The minimum atomic E-state index is -0.110. The maximum Gasteiger partial charge on any atom is 0.243 e. The molecule has 0 aliphatic heterocycles. The van der Waals surface area contributed by atoms with Crippen molar-refractivity contribution in [2.24, 2.45) is 0 Å². The molecule has 1 amide bonds. The highest BCUT2D eigenvalue weighted by Crippen LogP contribution is 2.20. The van der Waals surface area contributed by atoms with Crippen LogP contribution in [0.25, 0.3) is 0 Å². The summed E-state index contributed by atoms with van der Waals surface area (Å²) in [6, 6.07) is 17.5. The number of aryl methyl sites for hydroxylation is 1. The second-order valence-corrected chi connectivity index (χ2v) is 5.86. The average molecular weight is 351 g/mol. The maximum atomic E-state index is 12.4. The minimum absolute atomic E-state index is 0.110. The number of anilines is 2. The normalized spacial score (nSPS) is 10.0. The number of hydrogen-bond donors (Lipinski definition) is 1. The number of benzene rings is 2. The van der Waals surface area contributed by atoms with Gasteiger partial charge in [-0.3, -0.25) is 4.79 Å². The fraction of sp³-hybridized carbons (Fsp3) is 0.333. The van der Waals surface area contributed by atoms with Crippen LogP contribution < -0.4 is 15.0 Å². The number of ether oxygens (including phenoxy) is 1. The molecule has 0 bridgehead atoms. The summed E-state index contributed by atoms with van der Waals surface area (Å²) in [5.74, 6) is 0.679. The first kappa shape index (κ1) is 19.3. The van der Waals surface area contributed by atoms with Gasteiger partial charge in [-0.15, -0.1) is 0 Å². The molecule has 0 unspecified atom stereocenters. The van der Waals surface area contributed by atoms with Crippen molar-refractivity contribution in [3.63, 3.8) is 0 Å². The summed E-state index contributed by atoms with van der Waals surface area (Å²) in [7, 11) is 0. The van der Waals surface area contributed by atoms with E-state index in [0.29, 0.717) is 19.6 Å². The van der Waals surface area contributed by atoms with Crippen molar-refractivity contribution in [2.45, 2.75) is 26.7 Å². The summed E-state index contributed by atoms with van der Waals surface area (Å²) in [6.45, 7) is 5.32. The van der Waals surface area contributed by atoms with Crippen LogP contribution in [0.4, 0.5) is 11.4 Å². The zero-order valence-electron chi connectivity index (χ0n) is 15.4. The maximum absolute atomic E-state index is 12.4. The van der Waals surface area contributed by atoms with E-state index in [1.54, 1.807) is 0 Å². The molecule has 26 heavy (non-hydrogen) atoms. The van der Waals surface area contributed by atoms with E-state index >= 15 is 0 Å². The van der Waals surface area contributed by atoms with Crippen LogP contribution in [0.5, 0.6) is 5.75 Å². The van der Waals surface area contributed by atoms with Gasteiger partial charge < -0.3 is 15.0 Å². The molecule has 2 rings (SSSR count). The van der Waals surface area contributed by atoms with E-state index in [0.717, 1.165) is 23.5 Å². The Balaban J connectivity index is 2.03. The van der Waals surface area contributed by atoms with E-state index in [2.05, 4.69) is 18.3 Å². The van der Waals surface area contributed by atoms with Crippen LogP contribution in [0.15, 0.2) is 48.5 Å². The largest absolute Gasteiger partial charge is 0.494 e. The smallest absolute Gasteiger partial charge is 0.243 e. The van der Waals surface area contributed by atoms with Gasteiger partial charge in [0.2, 0.25) is 5.91 Å². The molecule has 0 atom stereocenters. The Morgan fingerprint density at radius 3 is 2.38 bits per heavy atom. The van der Waals surface area contributed by atoms with Gasteiger partial charge >= 0.3 is 0 Å². The second kappa shape index (κ2) is 10.1. The molecular weight excluding hydrogens is 326 g/mol. The standard InChI is InChI=1S/C21H25N3O2/c1-3-17-6-8-18(9-7-17)23-21(25)16-24(15-5-14-22)19-10-12-20(13-11-19)26-4-2/h6-13H,3-5,15-16H2,1-2H3,(H,23,25). The number of nitrogens with zero attached hydrogens (tertiary/aromatic N) is 2. The third-order valence-corrected chi connectivity index (χ3v) is 3.99. The van der Waals surface area contributed by atoms with Crippen LogP contribution in [0, 0.1) is 11.3 Å². The first-order valence-electron chi connectivity index (χ1n) is 8.89. The average Bonchev–Trinajstić information content (AvgIpc) is 2.66. The topological polar surface area (TPSA) is 65.4 Å². The van der Waals surface area contributed by atoms with Gasteiger partial charge in [-0.2, -0.15) is 5.26 Å². The molecule has 0 radical (unpaired) electrons. The van der Waals surface area contributed by atoms with Crippen LogP contribution in [-0.2, 0) is 11.2 Å². The number of amides is 1. The molecule has 2 aromatic carbocycles. The van der Waals surface area contributed by atoms with E-state index in [4.69, 9.17) is 10.00 Å². The zero-order valence-corrected chi connectivity index (χ0v) is 15.4. The van der Waals surface area contributed by atoms with Gasteiger partial charge in [-0.05, 0) is 55.3 Å². The van der Waals surface area contributed by atoms with Crippen molar-refractivity contribution in [2.75, 3.05) is 29.9 Å². The molecule has 5 nitrogen and oxygen atoms in total. The summed E-state index contributed by atoms with van der Waals surface area (Å²) in [5, 5.41) is 11.8. The molecule has 0 heterocycles. The van der Waals surface area contributed by atoms with Gasteiger partial charge in [-0.1, -0.05) is 19.1 Å². The number of nitrogens with one attached hydrogen (secondary N) is 1. The monoisotopic (exact) mass is 351 g/mol.